The lowest BCUT2D eigenvalue weighted by Crippen LogP contribution is -2.34. The zero-order valence-corrected chi connectivity index (χ0v) is 12.4. The average Bonchev–Trinajstić information content (AvgIpc) is 2.42. The van der Waals surface area contributed by atoms with E-state index in [9.17, 15) is 4.79 Å². The Morgan fingerprint density at radius 2 is 1.90 bits per heavy atom. The van der Waals surface area contributed by atoms with Crippen LogP contribution in [0, 0.1) is 0 Å². The van der Waals surface area contributed by atoms with Crippen LogP contribution >= 0.6 is 0 Å². The fourth-order valence-corrected chi connectivity index (χ4v) is 1.59. The number of amides is 1. The Kier molecular flexibility index (Phi) is 7.50. The zero-order chi connectivity index (χ0) is 14.8. The summed E-state index contributed by atoms with van der Waals surface area (Å²) in [5.41, 5.74) is 0.890. The summed E-state index contributed by atoms with van der Waals surface area (Å²) in [6.07, 6.45) is 0. The number of carbonyl (C=O) groups is 1. The van der Waals surface area contributed by atoms with Crippen LogP contribution in [0.25, 0.3) is 0 Å². The molecule has 0 saturated carbocycles. The number of benzene rings is 1. The van der Waals surface area contributed by atoms with Gasteiger partial charge in [0.05, 0.1) is 13.2 Å². The number of anilines is 1. The highest BCUT2D eigenvalue weighted by molar-refractivity contribution is 5.80. The molecule has 0 aliphatic heterocycles. The molecule has 1 amide bonds. The summed E-state index contributed by atoms with van der Waals surface area (Å²) in [4.78, 5) is 11.5. The first-order valence-corrected chi connectivity index (χ1v) is 6.95. The summed E-state index contributed by atoms with van der Waals surface area (Å²) in [5, 5.41) is 5.89. The van der Waals surface area contributed by atoms with Crippen molar-refractivity contribution in [2.24, 2.45) is 0 Å². The molecule has 0 aromatic heterocycles. The maximum Gasteiger partial charge on any atom is 0.239 e. The lowest BCUT2D eigenvalue weighted by molar-refractivity contribution is -0.119. The summed E-state index contributed by atoms with van der Waals surface area (Å²) in [6, 6.07) is 7.67. The highest BCUT2D eigenvalue weighted by atomic mass is 16.5. The molecule has 1 aromatic rings. The number of rotatable bonds is 9. The molecule has 5 heteroatoms. The Labute approximate surface area is 120 Å². The maximum absolute atomic E-state index is 11.5. The van der Waals surface area contributed by atoms with Gasteiger partial charge in [0.25, 0.3) is 0 Å². The minimum atomic E-state index is -0.0166. The van der Waals surface area contributed by atoms with Crippen molar-refractivity contribution in [2.75, 3.05) is 31.7 Å². The summed E-state index contributed by atoms with van der Waals surface area (Å²) in [6.45, 7) is 7.92. The molecule has 112 valence electrons. The normalized spacial score (nSPS) is 10.4. The van der Waals surface area contributed by atoms with Gasteiger partial charge in [-0.3, -0.25) is 4.79 Å². The van der Waals surface area contributed by atoms with E-state index in [2.05, 4.69) is 10.6 Å². The second-order valence-corrected chi connectivity index (χ2v) is 4.65. The van der Waals surface area contributed by atoms with Gasteiger partial charge in [-0.25, -0.2) is 0 Å². The monoisotopic (exact) mass is 280 g/mol. The second kappa shape index (κ2) is 9.20. The number of hydrogen-bond acceptors (Lipinski definition) is 4. The Bertz CT molecular complexity index is 391. The number of carbonyl (C=O) groups excluding carboxylic acids is 1. The molecule has 0 spiro atoms. The topological polar surface area (TPSA) is 59.6 Å². The molecule has 0 aliphatic rings. The van der Waals surface area contributed by atoms with Crippen molar-refractivity contribution >= 4 is 11.6 Å². The van der Waals surface area contributed by atoms with Crippen LogP contribution in [0.15, 0.2) is 24.3 Å². The Balaban J connectivity index is 2.29. The Morgan fingerprint density at radius 1 is 1.20 bits per heavy atom. The van der Waals surface area contributed by atoms with Crippen molar-refractivity contribution in [1.29, 1.82) is 0 Å². The van der Waals surface area contributed by atoms with Crippen molar-refractivity contribution in [3.63, 3.8) is 0 Å². The van der Waals surface area contributed by atoms with Gasteiger partial charge in [-0.2, -0.15) is 0 Å². The first kappa shape index (κ1) is 16.3. The molecule has 0 saturated heterocycles. The molecule has 0 heterocycles. The van der Waals surface area contributed by atoms with E-state index in [0.717, 1.165) is 11.4 Å². The average molecular weight is 280 g/mol. The summed E-state index contributed by atoms with van der Waals surface area (Å²) < 4.78 is 10.7. The predicted octanol–water partition coefficient (Wildman–Crippen LogP) is 2.04. The smallest absolute Gasteiger partial charge is 0.239 e. The van der Waals surface area contributed by atoms with Crippen molar-refractivity contribution in [3.05, 3.63) is 24.3 Å². The highest BCUT2D eigenvalue weighted by Crippen LogP contribution is 2.15. The molecule has 0 bridgehead atoms. The molecule has 0 radical (unpaired) electrons. The first-order valence-electron chi connectivity index (χ1n) is 6.95. The third-order valence-electron chi connectivity index (χ3n) is 2.46. The lowest BCUT2D eigenvalue weighted by atomic mass is 10.3. The van der Waals surface area contributed by atoms with Crippen LogP contribution in [0.4, 0.5) is 5.69 Å². The number of ether oxygens (including phenoxy) is 2. The van der Waals surface area contributed by atoms with Gasteiger partial charge in [0.15, 0.2) is 0 Å². The van der Waals surface area contributed by atoms with E-state index < -0.39 is 0 Å². The van der Waals surface area contributed by atoms with Gasteiger partial charge in [-0.15, -0.1) is 0 Å². The molecule has 1 aromatic carbocycles. The first-order chi connectivity index (χ1) is 9.61. The van der Waals surface area contributed by atoms with Gasteiger partial charge in [0.2, 0.25) is 5.91 Å². The van der Waals surface area contributed by atoms with Crippen molar-refractivity contribution in [2.45, 2.75) is 26.8 Å². The van der Waals surface area contributed by atoms with E-state index in [1.54, 1.807) is 0 Å². The van der Waals surface area contributed by atoms with Gasteiger partial charge in [0.1, 0.15) is 12.4 Å². The molecule has 2 N–H and O–H groups in total. The summed E-state index contributed by atoms with van der Waals surface area (Å²) in [7, 11) is 0. The molecule has 0 atom stereocenters. The number of nitrogens with one attached hydrogen (secondary N) is 2. The van der Waals surface area contributed by atoms with E-state index in [4.69, 9.17) is 9.47 Å². The van der Waals surface area contributed by atoms with E-state index in [-0.39, 0.29) is 18.5 Å². The number of hydrogen-bond donors (Lipinski definition) is 2. The summed E-state index contributed by atoms with van der Waals surface area (Å²) in [5.74, 6) is 0.777. The van der Waals surface area contributed by atoms with E-state index in [1.807, 2.05) is 45.0 Å². The van der Waals surface area contributed by atoms with Crippen LogP contribution in [0.2, 0.25) is 0 Å². The van der Waals surface area contributed by atoms with Crippen LogP contribution < -0.4 is 15.4 Å². The van der Waals surface area contributed by atoms with E-state index in [0.29, 0.717) is 19.8 Å². The van der Waals surface area contributed by atoms with E-state index >= 15 is 0 Å². The summed E-state index contributed by atoms with van der Waals surface area (Å²) >= 11 is 0. The van der Waals surface area contributed by atoms with Crippen LogP contribution in [0.5, 0.6) is 5.75 Å². The largest absolute Gasteiger partial charge is 0.491 e. The fraction of sp³-hybridized carbons (Fsp3) is 0.533. The van der Waals surface area contributed by atoms with Crippen molar-refractivity contribution in [3.8, 4) is 5.75 Å². The van der Waals surface area contributed by atoms with Gasteiger partial charge in [-0.05, 0) is 45.0 Å². The predicted molar refractivity (Wildman–Crippen MR) is 80.2 cm³/mol. The standard InChI is InChI=1S/C15H24N2O3/c1-4-19-9-10-20-14-7-5-13(6-8-14)16-11-15(18)17-12(2)3/h5-8,12,16H,4,9-11H2,1-3H3,(H,17,18). The Hall–Kier alpha value is -1.75. The molecule has 1 rings (SSSR count). The molecular formula is C15H24N2O3. The van der Waals surface area contributed by atoms with Gasteiger partial charge in [0, 0.05) is 18.3 Å². The van der Waals surface area contributed by atoms with Crippen molar-refractivity contribution in [1.82, 2.24) is 5.32 Å². The SMILES string of the molecule is CCOCCOc1ccc(NCC(=O)NC(C)C)cc1. The minimum absolute atomic E-state index is 0.0166. The van der Waals surface area contributed by atoms with Crippen LogP contribution in [0.3, 0.4) is 0 Å². The minimum Gasteiger partial charge on any atom is -0.491 e. The van der Waals surface area contributed by atoms with Gasteiger partial charge >= 0.3 is 0 Å². The molecule has 0 unspecified atom stereocenters. The quantitative estimate of drug-likeness (QED) is 0.680. The molecule has 0 fully saturated rings. The molecular weight excluding hydrogens is 256 g/mol. The third-order valence-corrected chi connectivity index (χ3v) is 2.46. The second-order valence-electron chi connectivity index (χ2n) is 4.65. The van der Waals surface area contributed by atoms with Crippen molar-refractivity contribution < 1.29 is 14.3 Å². The highest BCUT2D eigenvalue weighted by Gasteiger charge is 2.02. The lowest BCUT2D eigenvalue weighted by Gasteiger charge is -2.11. The maximum atomic E-state index is 11.5. The van der Waals surface area contributed by atoms with Gasteiger partial charge < -0.3 is 20.1 Å². The molecule has 5 nitrogen and oxygen atoms in total. The van der Waals surface area contributed by atoms with Crippen LogP contribution in [-0.4, -0.2) is 38.3 Å². The van der Waals surface area contributed by atoms with Gasteiger partial charge in [-0.1, -0.05) is 0 Å². The third kappa shape index (κ3) is 6.99. The zero-order valence-electron chi connectivity index (χ0n) is 12.4. The van der Waals surface area contributed by atoms with E-state index in [1.165, 1.54) is 0 Å². The fourth-order valence-electron chi connectivity index (χ4n) is 1.59. The molecule has 0 aliphatic carbocycles. The van der Waals surface area contributed by atoms with Crippen LogP contribution in [0.1, 0.15) is 20.8 Å². The Morgan fingerprint density at radius 3 is 2.50 bits per heavy atom. The van der Waals surface area contributed by atoms with Crippen LogP contribution in [-0.2, 0) is 9.53 Å². The molecule has 20 heavy (non-hydrogen) atoms.